The number of aliphatic hydroxyl groups is 1. The Morgan fingerprint density at radius 2 is 1.93 bits per heavy atom. The van der Waals surface area contributed by atoms with Gasteiger partial charge < -0.3 is 9.84 Å². The molecule has 1 aromatic rings. The van der Waals surface area contributed by atoms with Gasteiger partial charge in [0, 0.05) is 24.9 Å². The van der Waals surface area contributed by atoms with E-state index >= 15 is 0 Å². The molecule has 0 aliphatic rings. The second-order valence-corrected chi connectivity index (χ2v) is 2.86. The molecule has 0 aromatic carbocycles. The fraction of sp³-hybridized carbons (Fsp3) is 0.500. The van der Waals surface area contributed by atoms with Crippen LogP contribution in [0, 0.1) is 0 Å². The molecule has 1 unspecified atom stereocenters. The Morgan fingerprint density at radius 3 is 2.29 bits per heavy atom. The van der Waals surface area contributed by atoms with Gasteiger partial charge in [0.05, 0.1) is 7.11 Å². The average Bonchev–Trinajstić information content (AvgIpc) is 2.15. The zero-order valence-corrected chi connectivity index (χ0v) is 7.74. The molecule has 0 amide bonds. The smallest absolute Gasteiger partial charge is 0.316 e. The minimum absolute atomic E-state index is 0.0432. The number of hydrogen-bond donors (Lipinski definition) is 1. The zero-order chi connectivity index (χ0) is 10.8. The van der Waals surface area contributed by atoms with E-state index < -0.39 is 12.0 Å². The van der Waals surface area contributed by atoms with Gasteiger partial charge in [0.1, 0.15) is 6.10 Å². The quantitative estimate of drug-likeness (QED) is 0.803. The Kier molecular flexibility index (Phi) is 2.95. The summed E-state index contributed by atoms with van der Waals surface area (Å²) in [5.41, 5.74) is -0.0432. The van der Waals surface area contributed by atoms with Crippen molar-refractivity contribution in [2.45, 2.75) is 19.0 Å². The summed E-state index contributed by atoms with van der Waals surface area (Å²) in [4.78, 5) is 7.21. The topological polar surface area (TPSA) is 55.2 Å². The van der Waals surface area contributed by atoms with Gasteiger partial charge in [-0.2, -0.15) is 0 Å². The van der Waals surface area contributed by atoms with Crippen LogP contribution in [0.1, 0.15) is 18.6 Å². The number of aromatic nitrogens is 2. The summed E-state index contributed by atoms with van der Waals surface area (Å²) in [5.74, 6) is -3.21. The first-order valence-corrected chi connectivity index (χ1v) is 3.87. The lowest BCUT2D eigenvalue weighted by Crippen LogP contribution is -2.22. The van der Waals surface area contributed by atoms with Gasteiger partial charge in [-0.1, -0.05) is 0 Å². The fourth-order valence-corrected chi connectivity index (χ4v) is 0.865. The largest absolute Gasteiger partial charge is 0.467 e. The van der Waals surface area contributed by atoms with Crippen LogP contribution in [0.3, 0.4) is 0 Å². The van der Waals surface area contributed by atoms with Gasteiger partial charge in [-0.25, -0.2) is 18.7 Å². The second kappa shape index (κ2) is 3.83. The minimum atomic E-state index is -3.21. The summed E-state index contributed by atoms with van der Waals surface area (Å²) in [6.45, 7) is 0.627. The Labute approximate surface area is 79.6 Å². The van der Waals surface area contributed by atoms with Crippen molar-refractivity contribution in [3.05, 3.63) is 18.0 Å². The standard InChI is InChI=1S/C8H10F2N2O2/c1-8(9,10)6(13)5-3-11-7(14-2)12-4-5/h3-4,6,13H,1-2H3. The molecule has 0 fully saturated rings. The maximum atomic E-state index is 12.6. The number of ether oxygens (including phenoxy) is 1. The maximum Gasteiger partial charge on any atom is 0.316 e. The first-order chi connectivity index (χ1) is 6.45. The van der Waals surface area contributed by atoms with Crippen LogP contribution in [0.2, 0.25) is 0 Å². The van der Waals surface area contributed by atoms with Crippen LogP contribution in [0.15, 0.2) is 12.4 Å². The molecule has 4 nitrogen and oxygen atoms in total. The summed E-state index contributed by atoms with van der Waals surface area (Å²) >= 11 is 0. The van der Waals surface area contributed by atoms with E-state index in [9.17, 15) is 8.78 Å². The molecular formula is C8H10F2N2O2. The van der Waals surface area contributed by atoms with Crippen LogP contribution in [0.25, 0.3) is 0 Å². The van der Waals surface area contributed by atoms with Crippen molar-refractivity contribution in [2.75, 3.05) is 7.11 Å². The minimum Gasteiger partial charge on any atom is -0.467 e. The maximum absolute atomic E-state index is 12.6. The van der Waals surface area contributed by atoms with Crippen molar-refractivity contribution in [2.24, 2.45) is 0 Å². The lowest BCUT2D eigenvalue weighted by molar-refractivity contribution is -0.0957. The van der Waals surface area contributed by atoms with Crippen LogP contribution in [0.4, 0.5) is 8.78 Å². The van der Waals surface area contributed by atoms with Gasteiger partial charge in [0.15, 0.2) is 0 Å². The highest BCUT2D eigenvalue weighted by Gasteiger charge is 2.34. The second-order valence-electron chi connectivity index (χ2n) is 2.86. The van der Waals surface area contributed by atoms with E-state index in [1.165, 1.54) is 7.11 Å². The number of rotatable bonds is 3. The summed E-state index contributed by atoms with van der Waals surface area (Å²) in [6, 6.07) is 0.0698. The zero-order valence-electron chi connectivity index (χ0n) is 7.74. The van der Waals surface area contributed by atoms with Crippen molar-refractivity contribution in [3.8, 4) is 6.01 Å². The van der Waals surface area contributed by atoms with Crippen LogP contribution < -0.4 is 4.74 Å². The van der Waals surface area contributed by atoms with E-state index in [2.05, 4.69) is 14.7 Å². The monoisotopic (exact) mass is 204 g/mol. The van der Waals surface area contributed by atoms with E-state index in [1.807, 2.05) is 0 Å². The molecular weight excluding hydrogens is 194 g/mol. The molecule has 0 aliphatic heterocycles. The molecule has 0 spiro atoms. The molecule has 1 rings (SSSR count). The number of nitrogens with zero attached hydrogens (tertiary/aromatic N) is 2. The van der Waals surface area contributed by atoms with Crippen LogP contribution in [0.5, 0.6) is 6.01 Å². The number of alkyl halides is 2. The number of hydrogen-bond acceptors (Lipinski definition) is 4. The van der Waals surface area contributed by atoms with Crippen molar-refractivity contribution >= 4 is 0 Å². The van der Waals surface area contributed by atoms with Gasteiger partial charge in [-0.3, -0.25) is 0 Å². The molecule has 14 heavy (non-hydrogen) atoms. The van der Waals surface area contributed by atoms with Crippen LogP contribution >= 0.6 is 0 Å². The third-order valence-electron chi connectivity index (χ3n) is 1.63. The van der Waals surface area contributed by atoms with Crippen molar-refractivity contribution in [1.29, 1.82) is 0 Å². The molecule has 1 atom stereocenters. The van der Waals surface area contributed by atoms with Crippen molar-refractivity contribution in [1.82, 2.24) is 9.97 Å². The molecule has 1 aromatic heterocycles. The van der Waals surface area contributed by atoms with E-state index in [4.69, 9.17) is 5.11 Å². The SMILES string of the molecule is COc1ncc(C(O)C(C)(F)F)cn1. The molecule has 78 valence electrons. The average molecular weight is 204 g/mol. The summed E-state index contributed by atoms with van der Waals surface area (Å²) in [6.07, 6.45) is 0.315. The third-order valence-corrected chi connectivity index (χ3v) is 1.63. The molecule has 0 saturated heterocycles. The first kappa shape index (κ1) is 10.8. The fourth-order valence-electron chi connectivity index (χ4n) is 0.865. The van der Waals surface area contributed by atoms with Crippen molar-refractivity contribution in [3.63, 3.8) is 0 Å². The normalized spacial score (nSPS) is 13.8. The van der Waals surface area contributed by atoms with Crippen LogP contribution in [-0.4, -0.2) is 28.1 Å². The van der Waals surface area contributed by atoms with E-state index in [0.717, 1.165) is 12.4 Å². The Bertz CT molecular complexity index is 297. The van der Waals surface area contributed by atoms with Crippen molar-refractivity contribution < 1.29 is 18.6 Å². The van der Waals surface area contributed by atoms with Gasteiger partial charge in [-0.05, 0) is 0 Å². The van der Waals surface area contributed by atoms with E-state index in [-0.39, 0.29) is 11.6 Å². The summed E-state index contributed by atoms with van der Waals surface area (Å²) in [5, 5.41) is 9.15. The molecule has 0 bridgehead atoms. The predicted molar refractivity (Wildman–Crippen MR) is 44.2 cm³/mol. The van der Waals surface area contributed by atoms with E-state index in [1.54, 1.807) is 0 Å². The Morgan fingerprint density at radius 1 is 1.43 bits per heavy atom. The van der Waals surface area contributed by atoms with Gasteiger partial charge in [0.25, 0.3) is 5.92 Å². The lowest BCUT2D eigenvalue weighted by Gasteiger charge is -2.17. The number of halogens is 2. The highest BCUT2D eigenvalue weighted by molar-refractivity contribution is 5.12. The van der Waals surface area contributed by atoms with E-state index in [0.29, 0.717) is 6.92 Å². The molecule has 0 saturated carbocycles. The molecule has 0 radical (unpaired) electrons. The summed E-state index contributed by atoms with van der Waals surface area (Å²) < 4.78 is 29.9. The lowest BCUT2D eigenvalue weighted by atomic mass is 10.1. The number of methoxy groups -OCH3 is 1. The molecule has 6 heteroatoms. The van der Waals surface area contributed by atoms with Gasteiger partial charge in [0.2, 0.25) is 0 Å². The van der Waals surface area contributed by atoms with Gasteiger partial charge >= 0.3 is 6.01 Å². The highest BCUT2D eigenvalue weighted by Crippen LogP contribution is 2.29. The third kappa shape index (κ3) is 2.35. The Hall–Kier alpha value is -1.30. The highest BCUT2D eigenvalue weighted by atomic mass is 19.3. The first-order valence-electron chi connectivity index (χ1n) is 3.87. The van der Waals surface area contributed by atoms with Gasteiger partial charge in [-0.15, -0.1) is 0 Å². The Balaban J connectivity index is 2.87. The molecule has 1 heterocycles. The van der Waals surface area contributed by atoms with Crippen LogP contribution in [-0.2, 0) is 0 Å². The predicted octanol–water partition coefficient (Wildman–Crippen LogP) is 1.17. The number of aliphatic hydroxyl groups excluding tert-OH is 1. The molecule has 0 aliphatic carbocycles. The summed E-state index contributed by atoms with van der Waals surface area (Å²) in [7, 11) is 1.36. The molecule has 1 N–H and O–H groups in total.